The molecule has 1 aliphatic carbocycles. The number of nitrogens with zero attached hydrogens (tertiary/aromatic N) is 4. The molecule has 3 heterocycles. The van der Waals surface area contributed by atoms with Crippen LogP contribution < -0.4 is 5.32 Å². The van der Waals surface area contributed by atoms with Crippen LogP contribution in [0, 0.1) is 0 Å². The summed E-state index contributed by atoms with van der Waals surface area (Å²) in [5.74, 6) is 1.17. The van der Waals surface area contributed by atoms with Gasteiger partial charge in [0.1, 0.15) is 17.9 Å². The number of likely N-dealkylation sites (tertiary alicyclic amines) is 1. The quantitative estimate of drug-likeness (QED) is 0.799. The van der Waals surface area contributed by atoms with Gasteiger partial charge in [0, 0.05) is 25.2 Å². The van der Waals surface area contributed by atoms with E-state index < -0.39 is 5.97 Å². The van der Waals surface area contributed by atoms with Gasteiger partial charge in [0.05, 0.1) is 12.6 Å². The Bertz CT molecular complexity index is 859. The summed E-state index contributed by atoms with van der Waals surface area (Å²) in [6, 6.07) is 3.86. The van der Waals surface area contributed by atoms with Gasteiger partial charge in [-0.15, -0.1) is 0 Å². The Labute approximate surface area is 164 Å². The molecule has 8 heteroatoms. The van der Waals surface area contributed by atoms with Crippen molar-refractivity contribution in [2.75, 3.05) is 26.2 Å². The number of urea groups is 1. The van der Waals surface area contributed by atoms with Gasteiger partial charge < -0.3 is 19.5 Å². The molecule has 1 aliphatic heterocycles. The fourth-order valence-corrected chi connectivity index (χ4v) is 4.39. The van der Waals surface area contributed by atoms with E-state index in [1.54, 1.807) is 18.0 Å². The molecule has 1 N–H and O–H groups in total. The van der Waals surface area contributed by atoms with E-state index in [1.807, 2.05) is 12.1 Å². The van der Waals surface area contributed by atoms with Gasteiger partial charge in [-0.3, -0.25) is 4.79 Å². The number of nitrogens with one attached hydrogen (secondary N) is 1. The molecule has 1 atom stereocenters. The zero-order valence-electron chi connectivity index (χ0n) is 16.3. The van der Waals surface area contributed by atoms with E-state index in [9.17, 15) is 9.59 Å². The number of rotatable bonds is 5. The van der Waals surface area contributed by atoms with Crippen molar-refractivity contribution >= 4 is 23.2 Å². The van der Waals surface area contributed by atoms with Crippen LogP contribution in [0.5, 0.6) is 0 Å². The molecule has 150 valence electrons. The van der Waals surface area contributed by atoms with Gasteiger partial charge in [-0.05, 0) is 38.3 Å². The van der Waals surface area contributed by atoms with E-state index in [1.165, 1.54) is 25.7 Å². The zero-order chi connectivity index (χ0) is 19.5. The summed E-state index contributed by atoms with van der Waals surface area (Å²) >= 11 is 0. The lowest BCUT2D eigenvalue weighted by molar-refractivity contribution is -0.141. The molecule has 2 amide bonds. The van der Waals surface area contributed by atoms with Crippen molar-refractivity contribution in [1.82, 2.24) is 24.8 Å². The molecule has 0 radical (unpaired) electrons. The average molecular weight is 385 g/mol. The number of ether oxygens (including phenoxy) is 1. The fourth-order valence-electron chi connectivity index (χ4n) is 4.39. The van der Waals surface area contributed by atoms with Gasteiger partial charge in [0.2, 0.25) is 0 Å². The standard InChI is InChI=1S/C20H27N5O3/c1-2-28-17(26)12-22-20(27)24-11-9-15(13-24)25-18(14-6-3-4-7-14)23-16-8-5-10-21-19(16)25/h5,8,10,14-15H,2-4,6-7,9,11-13H2,1H3,(H,22,27). The van der Waals surface area contributed by atoms with Crippen molar-refractivity contribution in [3.05, 3.63) is 24.2 Å². The molecule has 1 saturated carbocycles. The average Bonchev–Trinajstić information content (AvgIpc) is 3.44. The summed E-state index contributed by atoms with van der Waals surface area (Å²) in [7, 11) is 0. The monoisotopic (exact) mass is 385 g/mol. The van der Waals surface area contributed by atoms with E-state index >= 15 is 0 Å². The predicted molar refractivity (Wildman–Crippen MR) is 104 cm³/mol. The van der Waals surface area contributed by atoms with Crippen LogP contribution >= 0.6 is 0 Å². The molecule has 2 aromatic rings. The fraction of sp³-hybridized carbons (Fsp3) is 0.600. The highest BCUT2D eigenvalue weighted by molar-refractivity contribution is 5.81. The molecule has 2 fully saturated rings. The summed E-state index contributed by atoms with van der Waals surface area (Å²) in [6.45, 7) is 3.20. The van der Waals surface area contributed by atoms with Crippen LogP contribution in [-0.4, -0.2) is 57.7 Å². The largest absolute Gasteiger partial charge is 0.465 e. The lowest BCUT2D eigenvalue weighted by atomic mass is 10.1. The Morgan fingerprint density at radius 1 is 1.29 bits per heavy atom. The molecule has 2 aliphatic rings. The van der Waals surface area contributed by atoms with E-state index in [2.05, 4.69) is 14.9 Å². The SMILES string of the molecule is CCOC(=O)CNC(=O)N1CCC(n2c(C3CCCC3)nc3cccnc32)C1. The Kier molecular flexibility index (Phi) is 5.45. The lowest BCUT2D eigenvalue weighted by Gasteiger charge is -2.20. The summed E-state index contributed by atoms with van der Waals surface area (Å²) in [5.41, 5.74) is 1.83. The van der Waals surface area contributed by atoms with Crippen LogP contribution in [0.15, 0.2) is 18.3 Å². The molecule has 1 unspecified atom stereocenters. The van der Waals surface area contributed by atoms with Crippen molar-refractivity contribution in [1.29, 1.82) is 0 Å². The molecule has 0 bridgehead atoms. The van der Waals surface area contributed by atoms with Crippen LogP contribution in [0.4, 0.5) is 4.79 Å². The molecule has 2 aromatic heterocycles. The molecule has 0 aromatic carbocycles. The van der Waals surface area contributed by atoms with Gasteiger partial charge in [-0.25, -0.2) is 14.8 Å². The third-order valence-electron chi connectivity index (χ3n) is 5.70. The van der Waals surface area contributed by atoms with E-state index in [-0.39, 0.29) is 18.6 Å². The molecule has 0 spiro atoms. The first kappa shape index (κ1) is 18.7. The number of fused-ring (bicyclic) bond motifs is 1. The smallest absolute Gasteiger partial charge is 0.325 e. The molecule has 8 nitrogen and oxygen atoms in total. The minimum Gasteiger partial charge on any atom is -0.465 e. The summed E-state index contributed by atoms with van der Waals surface area (Å²) in [5, 5.41) is 2.65. The third-order valence-corrected chi connectivity index (χ3v) is 5.70. The van der Waals surface area contributed by atoms with E-state index in [0.29, 0.717) is 25.6 Å². The van der Waals surface area contributed by atoms with Crippen molar-refractivity contribution in [3.8, 4) is 0 Å². The maximum absolute atomic E-state index is 12.4. The topological polar surface area (TPSA) is 89.4 Å². The number of esters is 1. The van der Waals surface area contributed by atoms with Crippen LogP contribution in [0.1, 0.15) is 56.8 Å². The number of amides is 2. The van der Waals surface area contributed by atoms with Gasteiger partial charge in [0.25, 0.3) is 0 Å². The van der Waals surface area contributed by atoms with Crippen molar-refractivity contribution in [2.45, 2.75) is 51.0 Å². The second kappa shape index (κ2) is 8.16. The maximum Gasteiger partial charge on any atom is 0.325 e. The summed E-state index contributed by atoms with van der Waals surface area (Å²) in [6.07, 6.45) is 7.48. The molecule has 1 saturated heterocycles. The third kappa shape index (κ3) is 3.68. The Morgan fingerprint density at radius 2 is 2.11 bits per heavy atom. The Morgan fingerprint density at radius 3 is 2.89 bits per heavy atom. The minimum atomic E-state index is -0.417. The van der Waals surface area contributed by atoms with Crippen molar-refractivity contribution < 1.29 is 14.3 Å². The first-order chi connectivity index (χ1) is 13.7. The lowest BCUT2D eigenvalue weighted by Crippen LogP contribution is -2.41. The molecule has 4 rings (SSSR count). The number of carbonyl (C=O) groups is 2. The number of aromatic nitrogens is 3. The van der Waals surface area contributed by atoms with Crippen LogP contribution in [0.3, 0.4) is 0 Å². The molecular weight excluding hydrogens is 358 g/mol. The van der Waals surface area contributed by atoms with Gasteiger partial charge in [0.15, 0.2) is 5.65 Å². The highest BCUT2D eigenvalue weighted by Gasteiger charge is 2.33. The maximum atomic E-state index is 12.4. The number of hydrogen-bond acceptors (Lipinski definition) is 5. The number of pyridine rings is 1. The highest BCUT2D eigenvalue weighted by Crippen LogP contribution is 2.37. The first-order valence-electron chi connectivity index (χ1n) is 10.2. The van der Waals surface area contributed by atoms with E-state index in [4.69, 9.17) is 9.72 Å². The van der Waals surface area contributed by atoms with Crippen LogP contribution in [0.2, 0.25) is 0 Å². The van der Waals surface area contributed by atoms with Gasteiger partial charge >= 0.3 is 12.0 Å². The number of carbonyl (C=O) groups excluding carboxylic acids is 2. The number of hydrogen-bond donors (Lipinski definition) is 1. The summed E-state index contributed by atoms with van der Waals surface area (Å²) < 4.78 is 7.13. The Balaban J connectivity index is 1.50. The normalized spacial score (nSPS) is 20.0. The van der Waals surface area contributed by atoms with Crippen LogP contribution in [-0.2, 0) is 9.53 Å². The van der Waals surface area contributed by atoms with Gasteiger partial charge in [-0.1, -0.05) is 12.8 Å². The predicted octanol–water partition coefficient (Wildman–Crippen LogP) is 2.61. The summed E-state index contributed by atoms with van der Waals surface area (Å²) in [4.78, 5) is 35.2. The highest BCUT2D eigenvalue weighted by atomic mass is 16.5. The van der Waals surface area contributed by atoms with Crippen molar-refractivity contribution in [3.63, 3.8) is 0 Å². The minimum absolute atomic E-state index is 0.100. The van der Waals surface area contributed by atoms with E-state index in [0.717, 1.165) is 23.4 Å². The first-order valence-corrected chi connectivity index (χ1v) is 10.2. The second-order valence-corrected chi connectivity index (χ2v) is 7.52. The zero-order valence-corrected chi connectivity index (χ0v) is 16.3. The number of imidazole rings is 1. The molecule has 28 heavy (non-hydrogen) atoms. The Hall–Kier alpha value is -2.64. The van der Waals surface area contributed by atoms with Gasteiger partial charge in [-0.2, -0.15) is 0 Å². The van der Waals surface area contributed by atoms with Crippen molar-refractivity contribution in [2.24, 2.45) is 0 Å². The molecular formula is C20H27N5O3. The van der Waals surface area contributed by atoms with Crippen LogP contribution in [0.25, 0.3) is 11.2 Å². The second-order valence-electron chi connectivity index (χ2n) is 7.52.